The van der Waals surface area contributed by atoms with Crippen LogP contribution in [0, 0.1) is 0 Å². The fourth-order valence-electron chi connectivity index (χ4n) is 5.39. The van der Waals surface area contributed by atoms with Crippen molar-refractivity contribution in [3.05, 3.63) is 69.8 Å². The molecule has 5 rings (SSSR count). The summed E-state index contributed by atoms with van der Waals surface area (Å²) in [5, 5.41) is 15.3. The van der Waals surface area contributed by atoms with Gasteiger partial charge in [0.25, 0.3) is 5.91 Å². The number of nitrogens with zero attached hydrogens (tertiary/aromatic N) is 5. The van der Waals surface area contributed by atoms with Crippen molar-refractivity contribution in [2.24, 2.45) is 4.99 Å². The third-order valence-electron chi connectivity index (χ3n) is 7.46. The van der Waals surface area contributed by atoms with Crippen molar-refractivity contribution in [1.82, 2.24) is 19.6 Å². The molecule has 0 saturated carbocycles. The molecule has 0 aliphatic carbocycles. The number of aliphatic hydroxyl groups is 1. The van der Waals surface area contributed by atoms with Crippen LogP contribution in [0.25, 0.3) is 17.0 Å². The van der Waals surface area contributed by atoms with Gasteiger partial charge in [-0.15, -0.1) is 0 Å². The lowest BCUT2D eigenvalue weighted by molar-refractivity contribution is -0.143. The highest BCUT2D eigenvalue weighted by molar-refractivity contribution is 8.18. The SMILES string of the molecule is CC(C)(C)N1CCN(C2=NC(=O)C(=Cc3ccc4c(cnn4Cc4ccc(C(F)(F)F)cc4C(F)(F)F)c3)S2)C[C@@H]1CO. The third-order valence-corrected chi connectivity index (χ3v) is 8.51. The summed E-state index contributed by atoms with van der Waals surface area (Å²) in [6.07, 6.45) is -6.77. The number of aliphatic hydroxyl groups excluding tert-OH is 1. The second-order valence-corrected chi connectivity index (χ2v) is 12.5. The molecule has 1 amide bonds. The molecule has 3 aromatic rings. The minimum Gasteiger partial charge on any atom is -0.395 e. The Balaban J connectivity index is 1.33. The van der Waals surface area contributed by atoms with E-state index in [1.807, 2.05) is 4.90 Å². The van der Waals surface area contributed by atoms with E-state index in [1.165, 1.54) is 22.6 Å². The number of carbonyl (C=O) groups is 1. The van der Waals surface area contributed by atoms with E-state index in [0.717, 1.165) is 6.07 Å². The van der Waals surface area contributed by atoms with Crippen LogP contribution < -0.4 is 0 Å². The van der Waals surface area contributed by atoms with Crippen molar-refractivity contribution < 1.29 is 36.2 Å². The molecular formula is C29H29F6N5O2S. The van der Waals surface area contributed by atoms with Gasteiger partial charge in [0.1, 0.15) is 0 Å². The van der Waals surface area contributed by atoms with Gasteiger partial charge in [-0.25, -0.2) is 0 Å². The molecule has 14 heteroatoms. The minimum atomic E-state index is -4.98. The Morgan fingerprint density at radius 1 is 1.02 bits per heavy atom. The summed E-state index contributed by atoms with van der Waals surface area (Å²) in [6, 6.07) is 6.50. The normalized spacial score (nSPS) is 20.0. The molecule has 0 bridgehead atoms. The smallest absolute Gasteiger partial charge is 0.395 e. The van der Waals surface area contributed by atoms with Crippen LogP contribution in [0.2, 0.25) is 0 Å². The number of carbonyl (C=O) groups excluding carboxylic acids is 1. The minimum absolute atomic E-state index is 0.0214. The van der Waals surface area contributed by atoms with Crippen LogP contribution in [0.5, 0.6) is 0 Å². The first-order valence-corrected chi connectivity index (χ1v) is 14.2. The third kappa shape index (κ3) is 6.60. The van der Waals surface area contributed by atoms with Crippen LogP contribution in [0.1, 0.15) is 43.0 Å². The number of amides is 1. The Kier molecular flexibility index (Phi) is 8.16. The van der Waals surface area contributed by atoms with Crippen LogP contribution >= 0.6 is 11.8 Å². The summed E-state index contributed by atoms with van der Waals surface area (Å²) in [5.41, 5.74) is -2.08. The predicted molar refractivity (Wildman–Crippen MR) is 152 cm³/mol. The van der Waals surface area contributed by atoms with Crippen molar-refractivity contribution in [2.75, 3.05) is 26.2 Å². The molecule has 2 aliphatic heterocycles. The molecule has 3 heterocycles. The van der Waals surface area contributed by atoms with Crippen molar-refractivity contribution in [3.63, 3.8) is 0 Å². The van der Waals surface area contributed by atoms with E-state index in [9.17, 15) is 36.2 Å². The largest absolute Gasteiger partial charge is 0.416 e. The maximum atomic E-state index is 13.6. The second-order valence-electron chi connectivity index (χ2n) is 11.4. The summed E-state index contributed by atoms with van der Waals surface area (Å²) < 4.78 is 81.3. The summed E-state index contributed by atoms with van der Waals surface area (Å²) in [6.45, 7) is 7.75. The highest BCUT2D eigenvalue weighted by Crippen LogP contribution is 2.38. The lowest BCUT2D eigenvalue weighted by Crippen LogP contribution is -2.61. The number of alkyl halides is 6. The van der Waals surface area contributed by atoms with Gasteiger partial charge in [0.05, 0.1) is 46.9 Å². The Bertz CT molecular complexity index is 1610. The molecule has 2 aliphatic rings. The van der Waals surface area contributed by atoms with Gasteiger partial charge in [0.2, 0.25) is 0 Å². The molecule has 1 aromatic heterocycles. The van der Waals surface area contributed by atoms with Crippen molar-refractivity contribution in [2.45, 2.75) is 51.2 Å². The zero-order valence-electron chi connectivity index (χ0n) is 23.5. The average molecular weight is 626 g/mol. The monoisotopic (exact) mass is 625 g/mol. The first-order valence-electron chi connectivity index (χ1n) is 13.4. The summed E-state index contributed by atoms with van der Waals surface area (Å²) >= 11 is 1.24. The fraction of sp³-hybridized carbons (Fsp3) is 0.414. The highest BCUT2D eigenvalue weighted by Gasteiger charge is 2.39. The summed E-state index contributed by atoms with van der Waals surface area (Å²) in [7, 11) is 0. The van der Waals surface area contributed by atoms with Gasteiger partial charge in [-0.3, -0.25) is 14.4 Å². The maximum absolute atomic E-state index is 13.6. The van der Waals surface area contributed by atoms with E-state index in [-0.39, 0.29) is 36.4 Å². The van der Waals surface area contributed by atoms with Gasteiger partial charge in [-0.1, -0.05) is 12.1 Å². The molecule has 2 aromatic carbocycles. The number of amidine groups is 1. The lowest BCUT2D eigenvalue weighted by atomic mass is 10.0. The number of thioether (sulfide) groups is 1. The second kappa shape index (κ2) is 11.3. The lowest BCUT2D eigenvalue weighted by Gasteiger charge is -2.47. The molecule has 0 radical (unpaired) electrons. The quantitative estimate of drug-likeness (QED) is 0.289. The van der Waals surface area contributed by atoms with E-state index in [0.29, 0.717) is 52.2 Å². The van der Waals surface area contributed by atoms with Crippen molar-refractivity contribution >= 4 is 39.8 Å². The number of piperazine rings is 1. The van der Waals surface area contributed by atoms with E-state index < -0.39 is 29.4 Å². The van der Waals surface area contributed by atoms with Gasteiger partial charge in [-0.05, 0) is 74.0 Å². The van der Waals surface area contributed by atoms with Crippen LogP contribution in [0.3, 0.4) is 0 Å². The van der Waals surface area contributed by atoms with Crippen molar-refractivity contribution in [1.29, 1.82) is 0 Å². The van der Waals surface area contributed by atoms with Gasteiger partial charge in [0, 0.05) is 30.6 Å². The molecule has 43 heavy (non-hydrogen) atoms. The molecule has 230 valence electrons. The highest BCUT2D eigenvalue weighted by atomic mass is 32.2. The molecule has 1 fully saturated rings. The number of fused-ring (bicyclic) bond motifs is 1. The Hall–Kier alpha value is -3.36. The molecule has 7 nitrogen and oxygen atoms in total. The van der Waals surface area contributed by atoms with E-state index >= 15 is 0 Å². The number of hydrogen-bond donors (Lipinski definition) is 1. The number of halogens is 6. The number of aliphatic imine (C=N–C) groups is 1. The zero-order chi connectivity index (χ0) is 31.3. The van der Waals surface area contributed by atoms with Crippen LogP contribution in [-0.4, -0.2) is 73.6 Å². The van der Waals surface area contributed by atoms with Gasteiger partial charge in [0.15, 0.2) is 5.17 Å². The number of rotatable bonds is 4. The summed E-state index contributed by atoms with van der Waals surface area (Å²) in [4.78, 5) is 21.6. The van der Waals surface area contributed by atoms with E-state index in [4.69, 9.17) is 0 Å². The van der Waals surface area contributed by atoms with Crippen LogP contribution in [0.15, 0.2) is 52.5 Å². The molecule has 1 atom stereocenters. The first-order chi connectivity index (χ1) is 20.0. The number of aromatic nitrogens is 2. The number of hydrogen-bond acceptors (Lipinski definition) is 6. The molecule has 0 spiro atoms. The molecular weight excluding hydrogens is 596 g/mol. The zero-order valence-corrected chi connectivity index (χ0v) is 24.3. The Morgan fingerprint density at radius 3 is 2.42 bits per heavy atom. The molecule has 0 unspecified atom stereocenters. The Morgan fingerprint density at radius 2 is 1.77 bits per heavy atom. The van der Waals surface area contributed by atoms with Gasteiger partial charge >= 0.3 is 12.4 Å². The van der Waals surface area contributed by atoms with Crippen LogP contribution in [-0.2, 0) is 23.7 Å². The van der Waals surface area contributed by atoms with Crippen molar-refractivity contribution in [3.8, 4) is 0 Å². The first kappa shape index (κ1) is 31.1. The topological polar surface area (TPSA) is 74.0 Å². The van der Waals surface area contributed by atoms with Gasteiger partial charge < -0.3 is 10.0 Å². The summed E-state index contributed by atoms with van der Waals surface area (Å²) in [5.74, 6) is -0.392. The van der Waals surface area contributed by atoms with E-state index in [1.54, 1.807) is 24.3 Å². The predicted octanol–water partition coefficient (Wildman–Crippen LogP) is 5.87. The van der Waals surface area contributed by atoms with Gasteiger partial charge in [-0.2, -0.15) is 36.4 Å². The fourth-order valence-corrected chi connectivity index (χ4v) is 6.34. The number of benzene rings is 2. The molecule has 1 saturated heterocycles. The Labute approximate surface area is 247 Å². The van der Waals surface area contributed by atoms with Crippen LogP contribution in [0.4, 0.5) is 26.3 Å². The maximum Gasteiger partial charge on any atom is 0.416 e. The van der Waals surface area contributed by atoms with E-state index in [2.05, 4.69) is 35.8 Å². The molecule has 1 N–H and O–H groups in total. The standard InChI is InChI=1S/C29H29F6N5O2S/c1-27(2,3)39-9-8-38(15-21(39)16-41)26-37-25(42)24(43-26)11-17-4-7-23-19(10-17)13-36-40(23)14-18-5-6-20(28(30,31)32)12-22(18)29(33,34)35/h4-7,10-13,21,41H,8-9,14-16H2,1-3H3/t21-/m1/s1. The average Bonchev–Trinajstić information content (AvgIpc) is 3.49.